The molecule has 2 aromatic heterocycles. The Hall–Kier alpha value is -3.62. The van der Waals surface area contributed by atoms with Gasteiger partial charge < -0.3 is 18.9 Å². The first-order chi connectivity index (χ1) is 12.4. The zero-order valence-electron chi connectivity index (χ0n) is 13.6. The number of nitrogens with one attached hydrogen (secondary N) is 1. The Bertz CT molecular complexity index is 939. The second kappa shape index (κ2) is 7.09. The van der Waals surface area contributed by atoms with Crippen molar-refractivity contribution in [1.29, 1.82) is 0 Å². The van der Waals surface area contributed by atoms with E-state index in [0.717, 1.165) is 17.5 Å². The van der Waals surface area contributed by atoms with Crippen molar-refractivity contribution in [3.8, 4) is 0 Å². The van der Waals surface area contributed by atoms with Gasteiger partial charge in [-0.25, -0.2) is 4.79 Å². The van der Waals surface area contributed by atoms with Crippen LogP contribution in [0, 0.1) is 10.1 Å². The molecule has 0 aliphatic rings. The molecule has 9 heteroatoms. The summed E-state index contributed by atoms with van der Waals surface area (Å²) in [5, 5.41) is 14.1. The van der Waals surface area contributed by atoms with Crippen LogP contribution in [0.3, 0.4) is 0 Å². The predicted molar refractivity (Wildman–Crippen MR) is 88.4 cm³/mol. The lowest BCUT2D eigenvalue weighted by molar-refractivity contribution is -0.402. The number of nitrogens with zero attached hydrogens (tertiary/aromatic N) is 1. The van der Waals surface area contributed by atoms with Crippen LogP contribution < -0.4 is 5.32 Å². The van der Waals surface area contributed by atoms with Crippen molar-refractivity contribution in [2.24, 2.45) is 0 Å². The second-order valence-electron chi connectivity index (χ2n) is 5.45. The lowest BCUT2D eigenvalue weighted by Crippen LogP contribution is -2.30. The van der Waals surface area contributed by atoms with E-state index in [9.17, 15) is 19.7 Å². The van der Waals surface area contributed by atoms with Crippen LogP contribution in [0.1, 0.15) is 29.3 Å². The molecule has 0 spiro atoms. The number of carbonyl (C=O) groups excluding carboxylic acids is 2. The Kier molecular flexibility index (Phi) is 4.70. The van der Waals surface area contributed by atoms with Gasteiger partial charge in [-0.05, 0) is 25.1 Å². The van der Waals surface area contributed by atoms with Gasteiger partial charge in [0.15, 0.2) is 6.61 Å². The summed E-state index contributed by atoms with van der Waals surface area (Å²) >= 11 is 0. The average molecular weight is 358 g/mol. The Balaban J connectivity index is 1.54. The number of amides is 1. The fourth-order valence-electron chi connectivity index (χ4n) is 2.31. The van der Waals surface area contributed by atoms with Crippen LogP contribution in [0.15, 0.2) is 51.3 Å². The predicted octanol–water partition coefficient (Wildman–Crippen LogP) is 2.97. The van der Waals surface area contributed by atoms with E-state index in [1.165, 1.54) is 0 Å². The SMILES string of the molecule is C[C@H](NC(=O)COC(=O)c1ccc([N+](=O)[O-])o1)c1cc2ccccc2o1. The summed E-state index contributed by atoms with van der Waals surface area (Å²) in [6.45, 7) is 1.17. The maximum absolute atomic E-state index is 11.9. The summed E-state index contributed by atoms with van der Waals surface area (Å²) < 4.78 is 15.1. The maximum atomic E-state index is 11.9. The highest BCUT2D eigenvalue weighted by molar-refractivity contribution is 5.89. The van der Waals surface area contributed by atoms with Crippen LogP contribution in [-0.4, -0.2) is 23.4 Å². The zero-order valence-corrected chi connectivity index (χ0v) is 13.6. The minimum absolute atomic E-state index is 0.352. The van der Waals surface area contributed by atoms with Crippen LogP contribution in [0.5, 0.6) is 0 Å². The molecule has 0 fully saturated rings. The van der Waals surface area contributed by atoms with Gasteiger partial charge >= 0.3 is 11.9 Å². The van der Waals surface area contributed by atoms with E-state index in [1.54, 1.807) is 6.92 Å². The standard InChI is InChI=1S/C17H14N2O7/c1-10(14-8-11-4-2-3-5-12(11)25-14)18-15(20)9-24-17(21)13-6-7-16(26-13)19(22)23/h2-8,10H,9H2,1H3,(H,18,20)/t10-/m0/s1. The van der Waals surface area contributed by atoms with Gasteiger partial charge in [-0.1, -0.05) is 18.2 Å². The van der Waals surface area contributed by atoms with Gasteiger partial charge in [-0.15, -0.1) is 0 Å². The molecule has 2 heterocycles. The van der Waals surface area contributed by atoms with Gasteiger partial charge in [0.25, 0.3) is 5.91 Å². The molecule has 1 N–H and O–H groups in total. The zero-order chi connectivity index (χ0) is 18.7. The molecule has 1 aromatic carbocycles. The number of nitro groups is 1. The number of esters is 1. The first kappa shape index (κ1) is 17.2. The van der Waals surface area contributed by atoms with Crippen LogP contribution in [-0.2, 0) is 9.53 Å². The largest absolute Gasteiger partial charge is 0.459 e. The molecule has 3 aromatic rings. The number of fused-ring (bicyclic) bond motifs is 1. The van der Waals surface area contributed by atoms with E-state index >= 15 is 0 Å². The molecule has 0 aliphatic heterocycles. The number of hydrogen-bond acceptors (Lipinski definition) is 7. The Morgan fingerprint density at radius 1 is 1.23 bits per heavy atom. The molecule has 0 bridgehead atoms. The number of para-hydroxylation sites is 1. The van der Waals surface area contributed by atoms with Crippen LogP contribution >= 0.6 is 0 Å². The topological polar surface area (TPSA) is 125 Å². The molecule has 0 saturated carbocycles. The maximum Gasteiger partial charge on any atom is 0.433 e. The third-order valence-electron chi connectivity index (χ3n) is 3.56. The van der Waals surface area contributed by atoms with E-state index in [-0.39, 0.29) is 5.76 Å². The van der Waals surface area contributed by atoms with Gasteiger partial charge in [-0.2, -0.15) is 0 Å². The summed E-state index contributed by atoms with van der Waals surface area (Å²) in [6, 6.07) is 10.9. The van der Waals surface area contributed by atoms with Crippen LogP contribution in [0.4, 0.5) is 5.88 Å². The molecular formula is C17H14N2O7. The number of benzene rings is 1. The highest BCUT2D eigenvalue weighted by Crippen LogP contribution is 2.23. The fraction of sp³-hybridized carbons (Fsp3) is 0.176. The molecule has 0 unspecified atom stereocenters. The molecule has 1 atom stereocenters. The normalized spacial score (nSPS) is 11.9. The van der Waals surface area contributed by atoms with Crippen molar-refractivity contribution in [1.82, 2.24) is 5.32 Å². The van der Waals surface area contributed by atoms with Crippen molar-refractivity contribution >= 4 is 28.7 Å². The summed E-state index contributed by atoms with van der Waals surface area (Å²) in [5.41, 5.74) is 0.703. The van der Waals surface area contributed by atoms with Crippen molar-refractivity contribution < 1.29 is 28.1 Å². The van der Waals surface area contributed by atoms with Gasteiger partial charge in [-0.3, -0.25) is 14.9 Å². The monoisotopic (exact) mass is 358 g/mol. The van der Waals surface area contributed by atoms with E-state index in [4.69, 9.17) is 13.6 Å². The number of furan rings is 2. The average Bonchev–Trinajstić information content (AvgIpc) is 3.26. The molecule has 9 nitrogen and oxygen atoms in total. The quantitative estimate of drug-likeness (QED) is 0.408. The third-order valence-corrected chi connectivity index (χ3v) is 3.56. The van der Waals surface area contributed by atoms with Crippen molar-refractivity contribution in [2.45, 2.75) is 13.0 Å². The van der Waals surface area contributed by atoms with E-state index in [2.05, 4.69) is 5.32 Å². The first-order valence-electron chi connectivity index (χ1n) is 7.63. The van der Waals surface area contributed by atoms with Gasteiger partial charge in [0.1, 0.15) is 16.3 Å². The van der Waals surface area contributed by atoms with E-state index < -0.39 is 35.3 Å². The first-order valence-corrected chi connectivity index (χ1v) is 7.63. The Morgan fingerprint density at radius 3 is 2.69 bits per heavy atom. The summed E-state index contributed by atoms with van der Waals surface area (Å²) in [4.78, 5) is 33.4. The number of ether oxygens (including phenoxy) is 1. The minimum atomic E-state index is -0.968. The second-order valence-corrected chi connectivity index (χ2v) is 5.45. The molecule has 0 radical (unpaired) electrons. The Morgan fingerprint density at radius 2 is 2.00 bits per heavy atom. The number of carbonyl (C=O) groups is 2. The van der Waals surface area contributed by atoms with E-state index in [0.29, 0.717) is 11.3 Å². The molecule has 0 saturated heterocycles. The highest BCUT2D eigenvalue weighted by Gasteiger charge is 2.20. The molecule has 0 aliphatic carbocycles. The van der Waals surface area contributed by atoms with Crippen molar-refractivity contribution in [3.63, 3.8) is 0 Å². The lowest BCUT2D eigenvalue weighted by atomic mass is 10.2. The van der Waals surface area contributed by atoms with Gasteiger partial charge in [0.05, 0.1) is 12.1 Å². The Labute approximate surface area is 146 Å². The highest BCUT2D eigenvalue weighted by atomic mass is 16.7. The smallest absolute Gasteiger partial charge is 0.433 e. The molecular weight excluding hydrogens is 344 g/mol. The molecule has 3 rings (SSSR count). The number of rotatable bonds is 6. The molecule has 134 valence electrons. The number of hydrogen-bond donors (Lipinski definition) is 1. The van der Waals surface area contributed by atoms with Crippen LogP contribution in [0.25, 0.3) is 11.0 Å². The van der Waals surface area contributed by atoms with Gasteiger partial charge in [0.2, 0.25) is 5.76 Å². The van der Waals surface area contributed by atoms with Gasteiger partial charge in [0, 0.05) is 5.39 Å². The van der Waals surface area contributed by atoms with E-state index in [1.807, 2.05) is 30.3 Å². The lowest BCUT2D eigenvalue weighted by Gasteiger charge is -2.11. The summed E-state index contributed by atoms with van der Waals surface area (Å²) in [5.74, 6) is -1.89. The molecule has 1 amide bonds. The molecule has 26 heavy (non-hydrogen) atoms. The van der Waals surface area contributed by atoms with Crippen molar-refractivity contribution in [3.05, 3.63) is 64.1 Å². The summed E-state index contributed by atoms with van der Waals surface area (Å²) in [7, 11) is 0. The van der Waals surface area contributed by atoms with Crippen molar-refractivity contribution in [2.75, 3.05) is 6.61 Å². The minimum Gasteiger partial charge on any atom is -0.459 e. The van der Waals surface area contributed by atoms with Crippen LogP contribution in [0.2, 0.25) is 0 Å². The third kappa shape index (κ3) is 3.72. The summed E-state index contributed by atoms with van der Waals surface area (Å²) in [6.07, 6.45) is 0. The fourth-order valence-corrected chi connectivity index (χ4v) is 2.31.